The summed E-state index contributed by atoms with van der Waals surface area (Å²) >= 11 is 0. The Hall–Kier alpha value is -1.02. The summed E-state index contributed by atoms with van der Waals surface area (Å²) in [7, 11) is 0. The Balaban J connectivity index is 1.52. The van der Waals surface area contributed by atoms with Crippen LogP contribution in [0.2, 0.25) is 0 Å². The van der Waals surface area contributed by atoms with Crippen molar-refractivity contribution < 1.29 is 33.6 Å². The Labute approximate surface area is 172 Å². The second-order valence-electron chi connectivity index (χ2n) is 9.88. The predicted molar refractivity (Wildman–Crippen MR) is 102 cm³/mol. The fraction of sp³-hybridized carbons (Fsp3) is 0.909. The molecule has 29 heavy (non-hydrogen) atoms. The summed E-state index contributed by atoms with van der Waals surface area (Å²) < 4.78 is 18.2. The Bertz CT molecular complexity index is 664. The van der Waals surface area contributed by atoms with Crippen molar-refractivity contribution in [3.8, 4) is 0 Å². The summed E-state index contributed by atoms with van der Waals surface area (Å²) in [6, 6.07) is 0. The van der Waals surface area contributed by atoms with Gasteiger partial charge in [-0.2, -0.15) is 0 Å². The average Bonchev–Trinajstić information content (AvgIpc) is 2.90. The van der Waals surface area contributed by atoms with Crippen molar-refractivity contribution in [2.24, 2.45) is 29.6 Å². The molecule has 4 saturated heterocycles. The van der Waals surface area contributed by atoms with Crippen molar-refractivity contribution in [1.82, 2.24) is 0 Å². The van der Waals surface area contributed by atoms with Crippen LogP contribution in [0, 0.1) is 29.6 Å². The molecule has 164 valence electrons. The van der Waals surface area contributed by atoms with Gasteiger partial charge in [0.1, 0.15) is 5.78 Å². The number of hydrogen-bond acceptors (Lipinski definition) is 7. The van der Waals surface area contributed by atoms with Gasteiger partial charge < -0.3 is 14.2 Å². The molecule has 7 heteroatoms. The largest absolute Gasteiger partial charge is 0.435 e. The lowest BCUT2D eigenvalue weighted by Gasteiger charge is -2.59. The maximum atomic E-state index is 12.4. The molecule has 4 heterocycles. The standard InChI is InChI=1S/C22H34O7/c1-12(2)17(23)8-9-18(24)25-19-14(4)16-7-6-13(3)15-10-11-21(5)27-20(26-19)22(15,16)29-28-21/h12-16,19-20H,6-11H2,1-5H3/t13-,14-,15+,16+,19-,20-,21-,22-/m1/s1. The molecule has 1 spiro atoms. The van der Waals surface area contributed by atoms with Crippen molar-refractivity contribution in [3.63, 3.8) is 0 Å². The van der Waals surface area contributed by atoms with E-state index in [9.17, 15) is 9.59 Å². The Morgan fingerprint density at radius 1 is 1.07 bits per heavy atom. The predicted octanol–water partition coefficient (Wildman–Crippen LogP) is 3.74. The quantitative estimate of drug-likeness (QED) is 0.504. The molecule has 7 nitrogen and oxygen atoms in total. The van der Waals surface area contributed by atoms with Crippen molar-refractivity contribution in [2.45, 2.75) is 97.1 Å². The molecule has 4 aliphatic heterocycles. The Morgan fingerprint density at radius 2 is 1.83 bits per heavy atom. The highest BCUT2D eigenvalue weighted by Gasteiger charge is 2.69. The lowest BCUT2D eigenvalue weighted by Crippen LogP contribution is -2.70. The first-order valence-corrected chi connectivity index (χ1v) is 11.1. The molecule has 0 unspecified atom stereocenters. The molecule has 5 aliphatic rings. The molecular weight excluding hydrogens is 376 g/mol. The summed E-state index contributed by atoms with van der Waals surface area (Å²) in [5.74, 6) is -0.463. The van der Waals surface area contributed by atoms with Crippen LogP contribution >= 0.6 is 0 Å². The molecular formula is C22H34O7. The van der Waals surface area contributed by atoms with Gasteiger partial charge in [-0.1, -0.05) is 27.7 Å². The number of rotatable bonds is 5. The van der Waals surface area contributed by atoms with Crippen LogP contribution in [0.25, 0.3) is 0 Å². The molecule has 2 bridgehead atoms. The van der Waals surface area contributed by atoms with Crippen molar-refractivity contribution >= 4 is 11.8 Å². The van der Waals surface area contributed by atoms with Gasteiger partial charge in [0.25, 0.3) is 0 Å². The Kier molecular flexibility index (Phi) is 5.55. The van der Waals surface area contributed by atoms with Crippen LogP contribution in [0.4, 0.5) is 0 Å². The molecule has 0 aromatic carbocycles. The third-order valence-corrected chi connectivity index (χ3v) is 7.56. The highest BCUT2D eigenvalue weighted by Crippen LogP contribution is 2.60. The normalized spacial score (nSPS) is 46.1. The van der Waals surface area contributed by atoms with Gasteiger partial charge in [-0.25, -0.2) is 9.78 Å². The van der Waals surface area contributed by atoms with Gasteiger partial charge in [0.05, 0.1) is 6.42 Å². The molecule has 0 aromatic rings. The van der Waals surface area contributed by atoms with Gasteiger partial charge in [-0.15, -0.1) is 0 Å². The van der Waals surface area contributed by atoms with E-state index in [1.54, 1.807) is 0 Å². The second kappa shape index (κ2) is 7.59. The van der Waals surface area contributed by atoms with Gasteiger partial charge in [0.2, 0.25) is 12.1 Å². The number of carbonyl (C=O) groups is 2. The number of Topliss-reactive ketones (excluding diaryl/α,β-unsaturated/α-hetero) is 1. The monoisotopic (exact) mass is 410 g/mol. The van der Waals surface area contributed by atoms with Crippen LogP contribution in [-0.2, 0) is 33.6 Å². The van der Waals surface area contributed by atoms with Crippen LogP contribution in [0.5, 0.6) is 0 Å². The summed E-state index contributed by atoms with van der Waals surface area (Å²) in [5, 5.41) is 0. The Morgan fingerprint density at radius 3 is 2.55 bits per heavy atom. The highest BCUT2D eigenvalue weighted by atomic mass is 17.3. The summed E-state index contributed by atoms with van der Waals surface area (Å²) in [5.41, 5.74) is -0.663. The molecule has 5 fully saturated rings. The fourth-order valence-corrected chi connectivity index (χ4v) is 5.71. The lowest BCUT2D eigenvalue weighted by atomic mass is 9.58. The molecule has 5 rings (SSSR count). The van der Waals surface area contributed by atoms with E-state index >= 15 is 0 Å². The molecule has 0 amide bonds. The zero-order valence-corrected chi connectivity index (χ0v) is 18.1. The van der Waals surface area contributed by atoms with E-state index in [1.165, 1.54) is 0 Å². The summed E-state index contributed by atoms with van der Waals surface area (Å²) in [6.45, 7) is 9.85. The number of hydrogen-bond donors (Lipinski definition) is 0. The van der Waals surface area contributed by atoms with Crippen LogP contribution < -0.4 is 0 Å². The number of fused-ring (bicyclic) bond motifs is 2. The van der Waals surface area contributed by atoms with E-state index in [0.717, 1.165) is 25.7 Å². The number of carbonyl (C=O) groups excluding carboxylic acids is 2. The third-order valence-electron chi connectivity index (χ3n) is 7.56. The van der Waals surface area contributed by atoms with Gasteiger partial charge >= 0.3 is 5.97 Å². The molecule has 8 atom stereocenters. The first kappa shape index (κ1) is 21.2. The topological polar surface area (TPSA) is 80.3 Å². The first-order chi connectivity index (χ1) is 13.7. The zero-order valence-electron chi connectivity index (χ0n) is 18.1. The number of esters is 1. The zero-order chi connectivity index (χ0) is 21.0. The minimum absolute atomic E-state index is 0.0549. The van der Waals surface area contributed by atoms with Crippen LogP contribution in [0.3, 0.4) is 0 Å². The van der Waals surface area contributed by atoms with Gasteiger partial charge in [0, 0.05) is 30.6 Å². The smallest absolute Gasteiger partial charge is 0.308 e. The van der Waals surface area contributed by atoms with Crippen molar-refractivity contribution in [2.75, 3.05) is 0 Å². The number of ether oxygens (including phenoxy) is 3. The van der Waals surface area contributed by atoms with E-state index < -0.39 is 29.9 Å². The van der Waals surface area contributed by atoms with Crippen LogP contribution in [0.15, 0.2) is 0 Å². The van der Waals surface area contributed by atoms with E-state index in [1.807, 2.05) is 27.7 Å². The van der Waals surface area contributed by atoms with Crippen LogP contribution in [-0.4, -0.2) is 35.7 Å². The van der Waals surface area contributed by atoms with Crippen molar-refractivity contribution in [3.05, 3.63) is 0 Å². The molecule has 0 N–H and O–H groups in total. The van der Waals surface area contributed by atoms with E-state index in [0.29, 0.717) is 5.92 Å². The maximum absolute atomic E-state index is 12.4. The van der Waals surface area contributed by atoms with Gasteiger partial charge in [-0.05, 0) is 38.0 Å². The fourth-order valence-electron chi connectivity index (χ4n) is 5.71. The van der Waals surface area contributed by atoms with Gasteiger partial charge in [0.15, 0.2) is 11.9 Å². The SMILES string of the molecule is CC(C)C(=O)CCC(=O)O[C@@H]1O[C@@H]2O[C@@]3(C)CC[C@H]4[C@H](C)CC[C@@H]([C@H]1C)[C@@]24OO3. The average molecular weight is 411 g/mol. The van der Waals surface area contributed by atoms with E-state index in [4.69, 9.17) is 24.0 Å². The van der Waals surface area contributed by atoms with Crippen molar-refractivity contribution in [1.29, 1.82) is 0 Å². The molecule has 0 radical (unpaired) electrons. The van der Waals surface area contributed by atoms with Crippen LogP contribution in [0.1, 0.15) is 73.1 Å². The summed E-state index contributed by atoms with van der Waals surface area (Å²) in [4.78, 5) is 36.1. The highest BCUT2D eigenvalue weighted by molar-refractivity contribution is 5.84. The molecule has 1 saturated carbocycles. The second-order valence-corrected chi connectivity index (χ2v) is 9.88. The lowest BCUT2D eigenvalue weighted by molar-refractivity contribution is -0.576. The number of ketones is 1. The van der Waals surface area contributed by atoms with E-state index in [2.05, 4.69) is 6.92 Å². The molecule has 1 aliphatic carbocycles. The minimum Gasteiger partial charge on any atom is -0.435 e. The molecule has 0 aromatic heterocycles. The summed E-state index contributed by atoms with van der Waals surface area (Å²) in [6.07, 6.45) is 2.67. The first-order valence-electron chi connectivity index (χ1n) is 11.1. The maximum Gasteiger partial charge on any atom is 0.308 e. The third kappa shape index (κ3) is 3.54. The van der Waals surface area contributed by atoms with E-state index in [-0.39, 0.29) is 42.3 Å². The minimum atomic E-state index is -0.851. The van der Waals surface area contributed by atoms with Gasteiger partial charge in [-0.3, -0.25) is 9.59 Å².